The molecule has 2 heterocycles. The number of ether oxygens (including phenoxy) is 2. The molecule has 8 heteroatoms. The Labute approximate surface area is 218 Å². The third kappa shape index (κ3) is 4.21. The van der Waals surface area contributed by atoms with Gasteiger partial charge in [0, 0.05) is 36.2 Å². The monoisotopic (exact) mass is 520 g/mol. The lowest BCUT2D eigenvalue weighted by Crippen LogP contribution is -2.15. The molecule has 2 aliphatic rings. The Bertz CT molecular complexity index is 1460. The first-order valence-electron chi connectivity index (χ1n) is 11.7. The Morgan fingerprint density at radius 2 is 1.89 bits per heavy atom. The van der Waals surface area contributed by atoms with Crippen molar-refractivity contribution in [1.82, 2.24) is 5.16 Å². The molecular weight excluding hydrogens is 499 g/mol. The van der Waals surface area contributed by atoms with Crippen molar-refractivity contribution in [2.75, 3.05) is 11.9 Å². The molecule has 0 saturated heterocycles. The lowest BCUT2D eigenvalue weighted by Gasteiger charge is -2.18. The summed E-state index contributed by atoms with van der Waals surface area (Å²) in [6.45, 7) is 0.895. The van der Waals surface area contributed by atoms with Gasteiger partial charge in [-0.3, -0.25) is 4.79 Å². The van der Waals surface area contributed by atoms with Gasteiger partial charge in [0.15, 0.2) is 5.75 Å². The van der Waals surface area contributed by atoms with Gasteiger partial charge >= 0.3 is 0 Å². The summed E-state index contributed by atoms with van der Waals surface area (Å²) in [5.74, 6) is 3.25. The van der Waals surface area contributed by atoms with Crippen LogP contribution in [0.25, 0.3) is 11.3 Å². The zero-order valence-corrected chi connectivity index (χ0v) is 21.0. The molecule has 0 amide bonds. The number of rotatable bonds is 6. The van der Waals surface area contributed by atoms with Crippen LogP contribution in [0.15, 0.2) is 59.1 Å². The third-order valence-corrected chi connectivity index (χ3v) is 7.17. The van der Waals surface area contributed by atoms with E-state index in [0.29, 0.717) is 50.8 Å². The minimum Gasteiger partial charge on any atom is -0.489 e. The van der Waals surface area contributed by atoms with Crippen molar-refractivity contribution in [3.8, 4) is 28.5 Å². The molecule has 0 bridgehead atoms. The largest absolute Gasteiger partial charge is 0.489 e. The highest BCUT2D eigenvalue weighted by Crippen LogP contribution is 2.46. The van der Waals surface area contributed by atoms with Crippen molar-refractivity contribution in [1.29, 1.82) is 0 Å². The smallest absolute Gasteiger partial charge is 0.151 e. The summed E-state index contributed by atoms with van der Waals surface area (Å²) in [5.41, 5.74) is 4.59. The predicted molar refractivity (Wildman–Crippen MR) is 139 cm³/mol. The molecule has 1 saturated carbocycles. The molecule has 6 rings (SSSR count). The van der Waals surface area contributed by atoms with Crippen LogP contribution in [0.1, 0.15) is 46.0 Å². The Kier molecular flexibility index (Phi) is 5.86. The van der Waals surface area contributed by atoms with Crippen molar-refractivity contribution >= 4 is 35.2 Å². The summed E-state index contributed by atoms with van der Waals surface area (Å²) in [5, 5.41) is 5.37. The Balaban J connectivity index is 1.29. The van der Waals surface area contributed by atoms with E-state index in [0.717, 1.165) is 47.5 Å². The highest BCUT2D eigenvalue weighted by molar-refractivity contribution is 6.39. The SMILES string of the molecule is CN1Cc2cc(OCc3c(-c4c(Cl)cccc4Cl)noc3C3CC3)ccc2Oc2cc(C=O)ccc21. The van der Waals surface area contributed by atoms with E-state index < -0.39 is 0 Å². The first-order valence-corrected chi connectivity index (χ1v) is 12.4. The van der Waals surface area contributed by atoms with E-state index in [4.69, 9.17) is 37.2 Å². The maximum absolute atomic E-state index is 11.2. The molecule has 36 heavy (non-hydrogen) atoms. The minimum absolute atomic E-state index is 0.268. The molecule has 1 aliphatic heterocycles. The number of aldehydes is 1. The predicted octanol–water partition coefficient (Wildman–Crippen LogP) is 7.66. The van der Waals surface area contributed by atoms with Gasteiger partial charge in [-0.15, -0.1) is 0 Å². The lowest BCUT2D eigenvalue weighted by molar-refractivity contribution is 0.112. The van der Waals surface area contributed by atoms with Crippen LogP contribution < -0.4 is 14.4 Å². The molecule has 4 aromatic rings. The Morgan fingerprint density at radius 1 is 1.08 bits per heavy atom. The maximum Gasteiger partial charge on any atom is 0.151 e. The van der Waals surface area contributed by atoms with Gasteiger partial charge < -0.3 is 18.9 Å². The van der Waals surface area contributed by atoms with Crippen molar-refractivity contribution in [3.63, 3.8) is 0 Å². The van der Waals surface area contributed by atoms with Gasteiger partial charge in [0.05, 0.1) is 21.3 Å². The number of hydrogen-bond acceptors (Lipinski definition) is 6. The summed E-state index contributed by atoms with van der Waals surface area (Å²) in [6, 6.07) is 16.6. The quantitative estimate of drug-likeness (QED) is 0.243. The number of halogens is 2. The number of carbonyl (C=O) groups excluding carboxylic acids is 1. The standard InChI is InChI=1S/C28H22Cl2N2O4/c1-32-13-18-12-19(8-10-24(18)35-25-11-16(14-33)5-9-23(25)32)34-15-20-27(31-36-28(20)17-6-7-17)26-21(29)3-2-4-22(26)30/h2-5,8-12,14,17H,6-7,13,15H2,1H3. The fourth-order valence-corrected chi connectivity index (χ4v) is 5.11. The number of anilines is 1. The topological polar surface area (TPSA) is 64.8 Å². The van der Waals surface area contributed by atoms with Gasteiger partial charge in [-0.2, -0.15) is 0 Å². The molecule has 182 valence electrons. The Hall–Kier alpha value is -3.48. The van der Waals surface area contributed by atoms with Gasteiger partial charge in [-0.05, 0) is 61.4 Å². The van der Waals surface area contributed by atoms with Crippen LogP contribution in [0.3, 0.4) is 0 Å². The second kappa shape index (κ2) is 9.19. The number of aromatic nitrogens is 1. The van der Waals surface area contributed by atoms with Crippen LogP contribution >= 0.6 is 23.2 Å². The Morgan fingerprint density at radius 3 is 2.64 bits per heavy atom. The number of fused-ring (bicyclic) bond motifs is 2. The van der Waals surface area contributed by atoms with E-state index in [1.807, 2.05) is 31.3 Å². The second-order valence-corrected chi connectivity index (χ2v) is 9.92. The van der Waals surface area contributed by atoms with Gasteiger partial charge in [-0.1, -0.05) is 34.4 Å². The first kappa shape index (κ1) is 23.0. The fraction of sp³-hybridized carbons (Fsp3) is 0.214. The number of benzene rings is 3. The molecule has 6 nitrogen and oxygen atoms in total. The lowest BCUT2D eigenvalue weighted by atomic mass is 10.0. The third-order valence-electron chi connectivity index (χ3n) is 6.54. The average molecular weight is 521 g/mol. The number of hydrogen-bond donors (Lipinski definition) is 0. The molecule has 0 radical (unpaired) electrons. The van der Waals surface area contributed by atoms with E-state index in [1.165, 1.54) is 0 Å². The van der Waals surface area contributed by atoms with Gasteiger partial charge in [0.1, 0.15) is 35.8 Å². The van der Waals surface area contributed by atoms with Gasteiger partial charge in [0.2, 0.25) is 0 Å². The van der Waals surface area contributed by atoms with Crippen molar-refractivity contribution in [2.24, 2.45) is 0 Å². The molecule has 1 aromatic heterocycles. The molecule has 0 atom stereocenters. The van der Waals surface area contributed by atoms with Crippen LogP contribution in [0.5, 0.6) is 17.2 Å². The number of nitrogens with zero attached hydrogens (tertiary/aromatic N) is 2. The van der Waals surface area contributed by atoms with E-state index in [1.54, 1.807) is 30.3 Å². The molecule has 0 N–H and O–H groups in total. The first-order chi connectivity index (χ1) is 17.5. The molecule has 0 unspecified atom stereocenters. The van der Waals surface area contributed by atoms with Crippen molar-refractivity contribution < 1.29 is 18.8 Å². The summed E-state index contributed by atoms with van der Waals surface area (Å²) in [7, 11) is 1.99. The minimum atomic E-state index is 0.268. The van der Waals surface area contributed by atoms with E-state index in [-0.39, 0.29) is 6.61 Å². The summed E-state index contributed by atoms with van der Waals surface area (Å²) in [6.07, 6.45) is 2.94. The second-order valence-electron chi connectivity index (χ2n) is 9.11. The van der Waals surface area contributed by atoms with E-state index in [9.17, 15) is 4.79 Å². The summed E-state index contributed by atoms with van der Waals surface area (Å²) >= 11 is 13.0. The van der Waals surface area contributed by atoms with Crippen LogP contribution in [0, 0.1) is 0 Å². The number of carbonyl (C=O) groups is 1. The summed E-state index contributed by atoms with van der Waals surface area (Å²) < 4.78 is 18.2. The highest BCUT2D eigenvalue weighted by Gasteiger charge is 2.33. The molecule has 3 aromatic carbocycles. The molecule has 1 fully saturated rings. The van der Waals surface area contributed by atoms with Crippen molar-refractivity contribution in [3.05, 3.63) is 87.1 Å². The van der Waals surface area contributed by atoms with Crippen molar-refractivity contribution in [2.45, 2.75) is 31.9 Å². The zero-order valence-electron chi connectivity index (χ0n) is 19.5. The van der Waals surface area contributed by atoms with Crippen LogP contribution in [0.4, 0.5) is 5.69 Å². The molecule has 1 aliphatic carbocycles. The van der Waals surface area contributed by atoms with Gasteiger partial charge in [0.25, 0.3) is 0 Å². The summed E-state index contributed by atoms with van der Waals surface area (Å²) in [4.78, 5) is 13.3. The van der Waals surface area contributed by atoms with Gasteiger partial charge in [-0.25, -0.2) is 0 Å². The fourth-order valence-electron chi connectivity index (χ4n) is 4.53. The van der Waals surface area contributed by atoms with Crippen LogP contribution in [-0.4, -0.2) is 18.5 Å². The molecule has 0 spiro atoms. The maximum atomic E-state index is 11.2. The average Bonchev–Trinajstić information content (AvgIpc) is 3.65. The zero-order chi connectivity index (χ0) is 24.8. The van der Waals surface area contributed by atoms with Crippen LogP contribution in [-0.2, 0) is 13.2 Å². The van der Waals surface area contributed by atoms with Crippen LogP contribution in [0.2, 0.25) is 10.0 Å². The molecular formula is C28H22Cl2N2O4. The van der Waals surface area contributed by atoms with E-state index in [2.05, 4.69) is 10.1 Å². The van der Waals surface area contributed by atoms with E-state index >= 15 is 0 Å². The highest BCUT2D eigenvalue weighted by atomic mass is 35.5. The normalized spacial score (nSPS) is 14.5.